The van der Waals surface area contributed by atoms with Crippen molar-refractivity contribution in [2.45, 2.75) is 19.3 Å². The summed E-state index contributed by atoms with van der Waals surface area (Å²) in [6.45, 7) is 4.70. The van der Waals surface area contributed by atoms with Crippen molar-refractivity contribution < 1.29 is 8.83 Å². The zero-order valence-corrected chi connectivity index (χ0v) is 31.0. The Morgan fingerprint density at radius 2 is 0.982 bits per heavy atom. The van der Waals surface area contributed by atoms with E-state index in [4.69, 9.17) is 8.83 Å². The van der Waals surface area contributed by atoms with E-state index in [9.17, 15) is 0 Å². The molecule has 0 atom stereocenters. The largest absolute Gasteiger partial charge is 0.455 e. The van der Waals surface area contributed by atoms with E-state index in [1.165, 1.54) is 33.0 Å². The summed E-state index contributed by atoms with van der Waals surface area (Å²) in [6, 6.07) is 63.5. The first-order valence-electron chi connectivity index (χ1n) is 19.3. The van der Waals surface area contributed by atoms with E-state index in [2.05, 4.69) is 189 Å². The molecule has 3 heteroatoms. The van der Waals surface area contributed by atoms with Crippen LogP contribution in [-0.4, -0.2) is 0 Å². The fraction of sp³-hybridized carbons (Fsp3) is 0.0566. The highest BCUT2D eigenvalue weighted by molar-refractivity contribution is 6.20. The molecule has 2 aromatic heterocycles. The first kappa shape index (κ1) is 31.3. The number of para-hydroxylation sites is 2. The molecule has 264 valence electrons. The summed E-state index contributed by atoms with van der Waals surface area (Å²) < 4.78 is 14.0. The first-order chi connectivity index (χ1) is 27.5. The van der Waals surface area contributed by atoms with Crippen molar-refractivity contribution in [1.29, 1.82) is 0 Å². The smallest absolute Gasteiger partial charge is 0.160 e. The van der Waals surface area contributed by atoms with Crippen LogP contribution in [0.15, 0.2) is 185 Å². The Bertz CT molecular complexity index is 3420. The van der Waals surface area contributed by atoms with Gasteiger partial charge in [-0.3, -0.25) is 0 Å². The number of hydrogen-bond acceptors (Lipinski definition) is 3. The van der Waals surface area contributed by atoms with Crippen LogP contribution in [-0.2, 0) is 5.41 Å². The van der Waals surface area contributed by atoms with Gasteiger partial charge in [0.15, 0.2) is 5.58 Å². The first-order valence-corrected chi connectivity index (χ1v) is 19.3. The van der Waals surface area contributed by atoms with E-state index >= 15 is 0 Å². The lowest BCUT2D eigenvalue weighted by molar-refractivity contribution is 0.660. The van der Waals surface area contributed by atoms with Crippen LogP contribution in [0.25, 0.3) is 87.7 Å². The van der Waals surface area contributed by atoms with Crippen molar-refractivity contribution >= 4 is 82.5 Å². The second-order valence-electron chi connectivity index (χ2n) is 15.7. The number of nitrogens with zero attached hydrogens (tertiary/aromatic N) is 1. The van der Waals surface area contributed by atoms with Crippen LogP contribution in [0.1, 0.15) is 25.0 Å². The Morgan fingerprint density at radius 1 is 0.375 bits per heavy atom. The number of rotatable bonds is 4. The monoisotopic (exact) mass is 717 g/mol. The maximum Gasteiger partial charge on any atom is 0.160 e. The molecule has 3 nitrogen and oxygen atoms in total. The zero-order valence-electron chi connectivity index (χ0n) is 31.0. The highest BCUT2D eigenvalue weighted by atomic mass is 16.3. The summed E-state index contributed by atoms with van der Waals surface area (Å²) in [5.41, 5.74) is 13.7. The van der Waals surface area contributed by atoms with Gasteiger partial charge in [-0.25, -0.2) is 0 Å². The van der Waals surface area contributed by atoms with E-state index in [-0.39, 0.29) is 5.41 Å². The molecule has 1 aliphatic rings. The lowest BCUT2D eigenvalue weighted by Gasteiger charge is -2.30. The number of furan rings is 2. The minimum absolute atomic E-state index is 0.177. The van der Waals surface area contributed by atoms with Gasteiger partial charge in [0, 0.05) is 54.8 Å². The van der Waals surface area contributed by atoms with Crippen molar-refractivity contribution in [1.82, 2.24) is 0 Å². The van der Waals surface area contributed by atoms with Crippen molar-refractivity contribution in [3.8, 4) is 22.3 Å². The van der Waals surface area contributed by atoms with Gasteiger partial charge in [-0.15, -0.1) is 0 Å². The van der Waals surface area contributed by atoms with Gasteiger partial charge in [0.1, 0.15) is 16.7 Å². The molecular formula is C53H35NO2. The summed E-state index contributed by atoms with van der Waals surface area (Å²) >= 11 is 0. The lowest BCUT2D eigenvalue weighted by Crippen LogP contribution is -2.17. The molecule has 0 fully saturated rings. The van der Waals surface area contributed by atoms with Crippen molar-refractivity contribution in [2.24, 2.45) is 0 Å². The maximum absolute atomic E-state index is 7.25. The van der Waals surface area contributed by atoms with Gasteiger partial charge >= 0.3 is 0 Å². The molecule has 0 saturated carbocycles. The molecular weight excluding hydrogens is 683 g/mol. The van der Waals surface area contributed by atoms with Crippen LogP contribution < -0.4 is 4.90 Å². The summed E-state index contributed by atoms with van der Waals surface area (Å²) in [5, 5.41) is 8.98. The van der Waals surface area contributed by atoms with Crippen LogP contribution in [0.5, 0.6) is 0 Å². The highest BCUT2D eigenvalue weighted by Gasteiger charge is 2.36. The molecule has 12 rings (SSSR count). The Balaban J connectivity index is 1.22. The van der Waals surface area contributed by atoms with Crippen molar-refractivity contribution in [3.05, 3.63) is 187 Å². The Hall–Kier alpha value is -7.10. The van der Waals surface area contributed by atoms with E-state index in [1.807, 2.05) is 6.07 Å². The number of fused-ring (bicyclic) bond motifs is 12. The van der Waals surface area contributed by atoms with Crippen LogP contribution in [0.2, 0.25) is 0 Å². The molecule has 0 radical (unpaired) electrons. The molecule has 2 heterocycles. The third kappa shape index (κ3) is 4.34. The summed E-state index contributed by atoms with van der Waals surface area (Å²) in [6.07, 6.45) is 0. The normalized spacial score (nSPS) is 13.3. The third-order valence-corrected chi connectivity index (χ3v) is 12.2. The van der Waals surface area contributed by atoms with E-state index in [0.29, 0.717) is 0 Å². The maximum atomic E-state index is 7.25. The predicted octanol–water partition coefficient (Wildman–Crippen LogP) is 15.2. The van der Waals surface area contributed by atoms with Crippen LogP contribution in [0.4, 0.5) is 17.1 Å². The zero-order chi connectivity index (χ0) is 37.1. The Morgan fingerprint density at radius 3 is 1.89 bits per heavy atom. The fourth-order valence-electron chi connectivity index (χ4n) is 9.51. The average molecular weight is 718 g/mol. The van der Waals surface area contributed by atoms with E-state index < -0.39 is 0 Å². The predicted molar refractivity (Wildman–Crippen MR) is 234 cm³/mol. The summed E-state index contributed by atoms with van der Waals surface area (Å²) in [5.74, 6) is 0. The van der Waals surface area contributed by atoms with Gasteiger partial charge in [0.25, 0.3) is 0 Å². The summed E-state index contributed by atoms with van der Waals surface area (Å²) in [4.78, 5) is 2.43. The van der Waals surface area contributed by atoms with E-state index in [0.717, 1.165) is 82.8 Å². The molecule has 0 spiro atoms. The molecule has 56 heavy (non-hydrogen) atoms. The van der Waals surface area contributed by atoms with E-state index in [1.54, 1.807) is 0 Å². The molecule has 1 aliphatic carbocycles. The molecule has 0 saturated heterocycles. The highest BCUT2D eigenvalue weighted by Crippen LogP contribution is 2.54. The molecule has 9 aromatic carbocycles. The minimum atomic E-state index is -0.177. The summed E-state index contributed by atoms with van der Waals surface area (Å²) in [7, 11) is 0. The Kier molecular flexibility index (Phi) is 6.40. The minimum Gasteiger partial charge on any atom is -0.455 e. The van der Waals surface area contributed by atoms with Crippen LogP contribution in [0, 0.1) is 0 Å². The third-order valence-electron chi connectivity index (χ3n) is 12.2. The molecule has 0 unspecified atom stereocenters. The van der Waals surface area contributed by atoms with Gasteiger partial charge < -0.3 is 13.7 Å². The standard InChI is InChI=1S/C53H35NO2/c1-53(2)46-20-9-7-16-38(46)39-27-25-36(31-47(39)53)54(35-24-22-32-12-3-4-14-34(32)30-35)49-41(43-19-11-18-42-40-17-8-10-21-48(40)55-51(42)43)28-29-45-44-26-23-33-13-5-6-15-37(33)50(44)56-52(45)49/h3-31H,1-2H3. The molecule has 0 bridgehead atoms. The van der Waals surface area contributed by atoms with Crippen molar-refractivity contribution in [2.75, 3.05) is 4.90 Å². The van der Waals surface area contributed by atoms with Gasteiger partial charge in [0.05, 0.1) is 5.69 Å². The number of benzene rings is 9. The Labute approximate surface area is 323 Å². The molecule has 0 aliphatic heterocycles. The average Bonchev–Trinajstić information content (AvgIpc) is 3.89. The van der Waals surface area contributed by atoms with Gasteiger partial charge in [-0.2, -0.15) is 0 Å². The van der Waals surface area contributed by atoms with Gasteiger partial charge in [-0.1, -0.05) is 147 Å². The molecule has 11 aromatic rings. The number of anilines is 3. The number of hydrogen-bond donors (Lipinski definition) is 0. The second-order valence-corrected chi connectivity index (χ2v) is 15.7. The van der Waals surface area contributed by atoms with Crippen LogP contribution >= 0.6 is 0 Å². The second kappa shape index (κ2) is 11.5. The topological polar surface area (TPSA) is 29.5 Å². The molecule has 0 amide bonds. The molecule has 0 N–H and O–H groups in total. The van der Waals surface area contributed by atoms with Gasteiger partial charge in [0.2, 0.25) is 0 Å². The van der Waals surface area contributed by atoms with Crippen LogP contribution in [0.3, 0.4) is 0 Å². The SMILES string of the molecule is CC1(C)c2ccccc2-c2ccc(N(c3ccc4ccccc4c3)c3c(-c4cccc5c4oc4ccccc45)ccc4c3oc3c5ccccc5ccc43)cc21. The quantitative estimate of drug-likeness (QED) is 0.182. The van der Waals surface area contributed by atoms with Gasteiger partial charge in [-0.05, 0) is 80.9 Å². The van der Waals surface area contributed by atoms with Crippen molar-refractivity contribution in [3.63, 3.8) is 0 Å². The fourth-order valence-corrected chi connectivity index (χ4v) is 9.51. The lowest BCUT2D eigenvalue weighted by atomic mass is 9.82.